The Bertz CT molecular complexity index is 240. The van der Waals surface area contributed by atoms with E-state index >= 15 is 0 Å². The number of nitrogens with one attached hydrogen (secondary N) is 1. The Labute approximate surface area is 79.5 Å². The van der Waals surface area contributed by atoms with Gasteiger partial charge in [0.2, 0.25) is 0 Å². The lowest BCUT2D eigenvalue weighted by Gasteiger charge is -2.27. The quantitative estimate of drug-likeness (QED) is 0.744. The van der Waals surface area contributed by atoms with E-state index in [0.29, 0.717) is 0 Å². The number of piperidine rings is 1. The second kappa shape index (κ2) is 4.28. The Balaban J connectivity index is 1.90. The zero-order valence-electron chi connectivity index (χ0n) is 7.87. The first kappa shape index (κ1) is 8.57. The molecule has 1 saturated heterocycles. The molecular formula is C11H16N2. The van der Waals surface area contributed by atoms with Crippen LogP contribution < -0.4 is 5.43 Å². The number of benzene rings is 1. The van der Waals surface area contributed by atoms with Gasteiger partial charge in [-0.05, 0) is 25.0 Å². The molecule has 0 unspecified atom stereocenters. The smallest absolute Gasteiger partial charge is 0.0490 e. The minimum absolute atomic E-state index is 1.18. The molecule has 1 fully saturated rings. The zero-order chi connectivity index (χ0) is 8.93. The van der Waals surface area contributed by atoms with Crippen molar-refractivity contribution in [3.05, 3.63) is 30.3 Å². The molecule has 2 nitrogen and oxygen atoms in total. The van der Waals surface area contributed by atoms with Crippen LogP contribution in [0.1, 0.15) is 19.3 Å². The Morgan fingerprint density at radius 1 is 0.923 bits per heavy atom. The molecule has 0 atom stereocenters. The van der Waals surface area contributed by atoms with Gasteiger partial charge in [0.1, 0.15) is 0 Å². The first-order chi connectivity index (χ1) is 6.45. The molecule has 0 radical (unpaired) electrons. The van der Waals surface area contributed by atoms with Crippen molar-refractivity contribution in [1.82, 2.24) is 5.01 Å². The van der Waals surface area contributed by atoms with Gasteiger partial charge in [0, 0.05) is 18.8 Å². The molecule has 13 heavy (non-hydrogen) atoms. The summed E-state index contributed by atoms with van der Waals surface area (Å²) in [5.41, 5.74) is 4.61. The Morgan fingerprint density at radius 2 is 1.62 bits per heavy atom. The SMILES string of the molecule is c1ccc(NN2CCCCC2)cc1. The number of rotatable bonds is 2. The molecule has 2 heteroatoms. The Kier molecular flexibility index (Phi) is 2.82. The molecule has 0 aromatic heterocycles. The van der Waals surface area contributed by atoms with Crippen molar-refractivity contribution in [1.29, 1.82) is 0 Å². The highest BCUT2D eigenvalue weighted by Crippen LogP contribution is 2.12. The van der Waals surface area contributed by atoms with Gasteiger partial charge in [-0.25, -0.2) is 5.01 Å². The van der Waals surface area contributed by atoms with Crippen LogP contribution in [0.15, 0.2) is 30.3 Å². The minimum atomic E-state index is 1.18. The van der Waals surface area contributed by atoms with Crippen LogP contribution in [-0.2, 0) is 0 Å². The van der Waals surface area contributed by atoms with Crippen LogP contribution >= 0.6 is 0 Å². The third kappa shape index (κ3) is 2.46. The molecule has 0 saturated carbocycles. The Morgan fingerprint density at radius 3 is 2.31 bits per heavy atom. The first-order valence-corrected chi connectivity index (χ1v) is 5.02. The van der Waals surface area contributed by atoms with Crippen LogP contribution in [0.25, 0.3) is 0 Å². The van der Waals surface area contributed by atoms with Crippen molar-refractivity contribution in [3.63, 3.8) is 0 Å². The third-order valence-corrected chi connectivity index (χ3v) is 2.42. The summed E-state index contributed by atoms with van der Waals surface area (Å²) in [6.45, 7) is 2.35. The summed E-state index contributed by atoms with van der Waals surface area (Å²) < 4.78 is 0. The van der Waals surface area contributed by atoms with Crippen molar-refractivity contribution in [2.24, 2.45) is 0 Å². The number of hydrogen-bond acceptors (Lipinski definition) is 2. The van der Waals surface area contributed by atoms with E-state index in [1.807, 2.05) is 6.07 Å². The van der Waals surface area contributed by atoms with E-state index in [4.69, 9.17) is 0 Å². The maximum Gasteiger partial charge on any atom is 0.0490 e. The molecule has 1 aromatic carbocycles. The largest absolute Gasteiger partial charge is 0.319 e. The van der Waals surface area contributed by atoms with Crippen molar-refractivity contribution in [2.45, 2.75) is 19.3 Å². The van der Waals surface area contributed by atoms with Gasteiger partial charge in [-0.1, -0.05) is 24.6 Å². The fourth-order valence-corrected chi connectivity index (χ4v) is 1.70. The van der Waals surface area contributed by atoms with E-state index in [9.17, 15) is 0 Å². The van der Waals surface area contributed by atoms with E-state index in [2.05, 4.69) is 34.7 Å². The van der Waals surface area contributed by atoms with E-state index in [1.165, 1.54) is 38.0 Å². The summed E-state index contributed by atoms with van der Waals surface area (Å²) in [6, 6.07) is 10.4. The van der Waals surface area contributed by atoms with Crippen LogP contribution in [0.2, 0.25) is 0 Å². The number of hydrogen-bond donors (Lipinski definition) is 1. The normalized spacial score (nSPS) is 18.5. The van der Waals surface area contributed by atoms with E-state index in [-0.39, 0.29) is 0 Å². The number of hydrazine groups is 1. The molecular weight excluding hydrogens is 160 g/mol. The molecule has 1 aliphatic heterocycles. The number of nitrogens with zero attached hydrogens (tertiary/aromatic N) is 1. The highest BCUT2D eigenvalue weighted by atomic mass is 15.5. The number of anilines is 1. The number of para-hydroxylation sites is 1. The monoisotopic (exact) mass is 176 g/mol. The molecule has 1 aromatic rings. The van der Waals surface area contributed by atoms with Gasteiger partial charge in [0.05, 0.1) is 0 Å². The lowest BCUT2D eigenvalue weighted by Crippen LogP contribution is -2.34. The van der Waals surface area contributed by atoms with Gasteiger partial charge < -0.3 is 5.43 Å². The van der Waals surface area contributed by atoms with Crippen LogP contribution in [0.3, 0.4) is 0 Å². The molecule has 1 heterocycles. The standard InChI is InChI=1S/C11H16N2/c1-3-7-11(8-4-1)12-13-9-5-2-6-10-13/h1,3-4,7-8,12H,2,5-6,9-10H2. The predicted octanol–water partition coefficient (Wildman–Crippen LogP) is 2.50. The average molecular weight is 176 g/mol. The molecule has 0 spiro atoms. The molecule has 0 bridgehead atoms. The second-order valence-electron chi connectivity index (χ2n) is 3.53. The van der Waals surface area contributed by atoms with Gasteiger partial charge in [-0.15, -0.1) is 0 Å². The van der Waals surface area contributed by atoms with Crippen molar-refractivity contribution in [3.8, 4) is 0 Å². The molecule has 70 valence electrons. The van der Waals surface area contributed by atoms with Gasteiger partial charge >= 0.3 is 0 Å². The lowest BCUT2D eigenvalue weighted by molar-refractivity contribution is 0.273. The molecule has 0 aliphatic carbocycles. The molecule has 2 rings (SSSR count). The first-order valence-electron chi connectivity index (χ1n) is 5.02. The maximum atomic E-state index is 3.41. The lowest BCUT2D eigenvalue weighted by atomic mass is 10.2. The van der Waals surface area contributed by atoms with Gasteiger partial charge in [0.15, 0.2) is 0 Å². The summed E-state index contributed by atoms with van der Waals surface area (Å²) >= 11 is 0. The summed E-state index contributed by atoms with van der Waals surface area (Å²) in [4.78, 5) is 0. The summed E-state index contributed by atoms with van der Waals surface area (Å²) in [7, 11) is 0. The summed E-state index contributed by atoms with van der Waals surface area (Å²) in [6.07, 6.45) is 4.02. The van der Waals surface area contributed by atoms with Crippen LogP contribution in [0, 0.1) is 0 Å². The molecule has 0 amide bonds. The molecule has 1 aliphatic rings. The van der Waals surface area contributed by atoms with Crippen molar-refractivity contribution < 1.29 is 0 Å². The van der Waals surface area contributed by atoms with E-state index in [0.717, 1.165) is 0 Å². The fraction of sp³-hybridized carbons (Fsp3) is 0.455. The Hall–Kier alpha value is -1.02. The van der Waals surface area contributed by atoms with Gasteiger partial charge in [0.25, 0.3) is 0 Å². The second-order valence-corrected chi connectivity index (χ2v) is 3.53. The van der Waals surface area contributed by atoms with E-state index in [1.54, 1.807) is 0 Å². The zero-order valence-corrected chi connectivity index (χ0v) is 7.87. The average Bonchev–Trinajstić information content (AvgIpc) is 2.21. The van der Waals surface area contributed by atoms with Crippen LogP contribution in [0.5, 0.6) is 0 Å². The molecule has 1 N–H and O–H groups in total. The van der Waals surface area contributed by atoms with E-state index < -0.39 is 0 Å². The summed E-state index contributed by atoms with van der Waals surface area (Å²) in [5.74, 6) is 0. The van der Waals surface area contributed by atoms with Crippen molar-refractivity contribution in [2.75, 3.05) is 18.5 Å². The highest BCUT2D eigenvalue weighted by Gasteiger charge is 2.08. The van der Waals surface area contributed by atoms with Gasteiger partial charge in [-0.2, -0.15) is 0 Å². The highest BCUT2D eigenvalue weighted by molar-refractivity contribution is 5.41. The maximum absolute atomic E-state index is 3.41. The fourth-order valence-electron chi connectivity index (χ4n) is 1.70. The third-order valence-electron chi connectivity index (χ3n) is 2.42. The van der Waals surface area contributed by atoms with Crippen molar-refractivity contribution >= 4 is 5.69 Å². The minimum Gasteiger partial charge on any atom is -0.319 e. The topological polar surface area (TPSA) is 15.3 Å². The summed E-state index contributed by atoms with van der Waals surface area (Å²) in [5, 5.41) is 2.30. The van der Waals surface area contributed by atoms with Crippen LogP contribution in [0.4, 0.5) is 5.69 Å². The van der Waals surface area contributed by atoms with Crippen LogP contribution in [-0.4, -0.2) is 18.1 Å². The predicted molar refractivity (Wildman–Crippen MR) is 55.5 cm³/mol. The van der Waals surface area contributed by atoms with Gasteiger partial charge in [-0.3, -0.25) is 0 Å².